The molecule has 0 heterocycles. The highest BCUT2D eigenvalue weighted by Crippen LogP contribution is 2.18. The maximum Gasteiger partial charge on any atom is 0.322 e. The Morgan fingerprint density at radius 3 is 1.24 bits per heavy atom. The van der Waals surface area contributed by atoms with Crippen molar-refractivity contribution in [3.8, 4) is 0 Å². The molecule has 0 radical (unpaired) electrons. The Hall–Kier alpha value is -0.726. The van der Waals surface area contributed by atoms with E-state index in [0.29, 0.717) is 0 Å². The van der Waals surface area contributed by atoms with E-state index in [9.17, 15) is 0 Å². The smallest absolute Gasteiger partial charge is 0.322 e. The van der Waals surface area contributed by atoms with Crippen molar-refractivity contribution in [1.29, 1.82) is 0 Å². The summed E-state index contributed by atoms with van der Waals surface area (Å²) >= 11 is 0. The highest BCUT2D eigenvalue weighted by atomic mass is 28.5. The average Bonchev–Trinajstić information content (AvgIpc) is 2.75. The van der Waals surface area contributed by atoms with Gasteiger partial charge in [-0.15, -0.1) is 0 Å². The molecule has 0 aliphatic rings. The first kappa shape index (κ1) is 32.3. The minimum Gasteiger partial charge on any atom is -0.415 e. The van der Waals surface area contributed by atoms with Gasteiger partial charge in [0, 0.05) is 13.2 Å². The summed E-state index contributed by atoms with van der Waals surface area (Å²) in [5, 5.41) is 0. The second kappa shape index (κ2) is 21.8. The maximum atomic E-state index is 6.42. The molecule has 0 rings (SSSR count). The second-order valence-electron chi connectivity index (χ2n) is 9.62. The molecule has 0 spiro atoms. The lowest BCUT2D eigenvalue weighted by molar-refractivity contribution is 0.190. The van der Waals surface area contributed by atoms with E-state index in [4.69, 9.17) is 13.0 Å². The van der Waals surface area contributed by atoms with Crippen molar-refractivity contribution in [1.82, 2.24) is 0 Å². The summed E-state index contributed by atoms with van der Waals surface area (Å²) in [6.07, 6.45) is 32.0. The van der Waals surface area contributed by atoms with Crippen molar-refractivity contribution in [2.45, 2.75) is 117 Å². The molecule has 0 atom stereocenters. The lowest BCUT2D eigenvalue weighted by Gasteiger charge is -2.32. The first-order valence-electron chi connectivity index (χ1n) is 13.4. The van der Waals surface area contributed by atoms with Gasteiger partial charge in [0.2, 0.25) is 0 Å². The fraction of sp³-hybridized carbons (Fsp3) is 0.714. The fourth-order valence-corrected chi connectivity index (χ4v) is 10.1. The van der Waals surface area contributed by atoms with Crippen molar-refractivity contribution < 1.29 is 13.0 Å². The molecule has 33 heavy (non-hydrogen) atoms. The number of hydrogen-bond acceptors (Lipinski definition) is 3. The molecule has 0 fully saturated rings. The number of allylic oxidation sites excluding steroid dienone is 8. The van der Waals surface area contributed by atoms with Gasteiger partial charge in [-0.1, -0.05) is 87.1 Å². The van der Waals surface area contributed by atoms with Gasteiger partial charge in [-0.05, 0) is 78.6 Å². The van der Waals surface area contributed by atoms with Crippen molar-refractivity contribution in [3.05, 3.63) is 48.6 Å². The molecule has 0 aliphatic heterocycles. The standard InChI is InChI=1S/C28H54O3Si2/c1-7-9-11-13-15-17-19-21-23-25-27-29-32(3,4)31-33(5,6)30-28-26-24-22-20-18-16-14-12-10-8-2/h7-14H,15-28H2,1-6H3/b9-7+,10-8+,13-11+,14-12+. The first-order valence-corrected chi connectivity index (χ1v) is 19.0. The summed E-state index contributed by atoms with van der Waals surface area (Å²) in [6, 6.07) is 0. The van der Waals surface area contributed by atoms with E-state index in [-0.39, 0.29) is 0 Å². The molecule has 0 saturated carbocycles. The van der Waals surface area contributed by atoms with Crippen LogP contribution in [0.25, 0.3) is 0 Å². The molecule has 0 aliphatic carbocycles. The first-order chi connectivity index (χ1) is 15.8. The van der Waals surface area contributed by atoms with Gasteiger partial charge in [0.25, 0.3) is 0 Å². The van der Waals surface area contributed by atoms with Crippen molar-refractivity contribution >= 4 is 17.1 Å². The van der Waals surface area contributed by atoms with E-state index in [0.717, 1.165) is 26.1 Å². The van der Waals surface area contributed by atoms with E-state index >= 15 is 0 Å². The average molecular weight is 495 g/mol. The number of rotatable bonds is 22. The summed E-state index contributed by atoms with van der Waals surface area (Å²) < 4.78 is 18.8. The summed E-state index contributed by atoms with van der Waals surface area (Å²) in [5.41, 5.74) is 0. The monoisotopic (exact) mass is 494 g/mol. The van der Waals surface area contributed by atoms with Gasteiger partial charge < -0.3 is 13.0 Å². The molecule has 0 N–H and O–H groups in total. The van der Waals surface area contributed by atoms with Gasteiger partial charge in [-0.3, -0.25) is 0 Å². The molecule has 0 unspecified atom stereocenters. The van der Waals surface area contributed by atoms with Gasteiger partial charge in [0.05, 0.1) is 0 Å². The number of hydrogen-bond donors (Lipinski definition) is 0. The van der Waals surface area contributed by atoms with E-state index in [1.807, 2.05) is 13.8 Å². The van der Waals surface area contributed by atoms with Crippen LogP contribution in [0.2, 0.25) is 26.2 Å². The van der Waals surface area contributed by atoms with Crippen LogP contribution in [0.1, 0.15) is 90.9 Å². The molecule has 0 saturated heterocycles. The van der Waals surface area contributed by atoms with Crippen LogP contribution in [0, 0.1) is 0 Å². The van der Waals surface area contributed by atoms with E-state index in [1.54, 1.807) is 0 Å². The largest absolute Gasteiger partial charge is 0.415 e. The second-order valence-corrected chi connectivity index (χ2v) is 16.6. The van der Waals surface area contributed by atoms with Crippen LogP contribution in [-0.2, 0) is 13.0 Å². The fourth-order valence-electron chi connectivity index (χ4n) is 3.65. The predicted molar refractivity (Wildman–Crippen MR) is 151 cm³/mol. The molecule has 0 bridgehead atoms. The van der Waals surface area contributed by atoms with E-state index in [2.05, 4.69) is 74.8 Å². The Labute approximate surface area is 208 Å². The minimum atomic E-state index is -2.12. The van der Waals surface area contributed by atoms with Crippen molar-refractivity contribution in [3.63, 3.8) is 0 Å². The molecular weight excluding hydrogens is 440 g/mol. The van der Waals surface area contributed by atoms with Gasteiger partial charge in [0.1, 0.15) is 0 Å². The quantitative estimate of drug-likeness (QED) is 0.0852. The molecule has 5 heteroatoms. The Morgan fingerprint density at radius 1 is 0.485 bits per heavy atom. The molecule has 0 amide bonds. The maximum absolute atomic E-state index is 6.42. The Bertz CT molecular complexity index is 503. The highest BCUT2D eigenvalue weighted by molar-refractivity contribution is 6.78. The van der Waals surface area contributed by atoms with Gasteiger partial charge >= 0.3 is 17.1 Å². The van der Waals surface area contributed by atoms with Crippen LogP contribution in [-0.4, -0.2) is 30.3 Å². The molecule has 192 valence electrons. The molecule has 3 nitrogen and oxygen atoms in total. The zero-order valence-corrected chi connectivity index (χ0v) is 24.7. The Kier molecular flexibility index (Phi) is 21.3. The lowest BCUT2D eigenvalue weighted by atomic mass is 10.1. The van der Waals surface area contributed by atoms with Crippen LogP contribution < -0.4 is 0 Å². The zero-order valence-electron chi connectivity index (χ0n) is 22.7. The highest BCUT2D eigenvalue weighted by Gasteiger charge is 2.36. The normalized spacial score (nSPS) is 13.5. The minimum absolute atomic E-state index is 0.814. The summed E-state index contributed by atoms with van der Waals surface area (Å²) in [5.74, 6) is 0. The van der Waals surface area contributed by atoms with Crippen molar-refractivity contribution in [2.75, 3.05) is 13.2 Å². The van der Waals surface area contributed by atoms with Crippen LogP contribution >= 0.6 is 0 Å². The summed E-state index contributed by atoms with van der Waals surface area (Å²) in [4.78, 5) is 0. The van der Waals surface area contributed by atoms with Crippen LogP contribution in [0.3, 0.4) is 0 Å². The molecule has 0 aromatic carbocycles. The van der Waals surface area contributed by atoms with Crippen LogP contribution in [0.15, 0.2) is 48.6 Å². The SMILES string of the molecule is C/C=C/C=C/CCCCCCCO[Si](C)(C)O[Si](C)(C)OCCCCCCC/C=C/C=C/C. The van der Waals surface area contributed by atoms with Gasteiger partial charge in [-0.25, -0.2) is 0 Å². The summed E-state index contributed by atoms with van der Waals surface area (Å²) in [7, 11) is -4.25. The topological polar surface area (TPSA) is 27.7 Å². The predicted octanol–water partition coefficient (Wildman–Crippen LogP) is 9.39. The van der Waals surface area contributed by atoms with Crippen LogP contribution in [0.4, 0.5) is 0 Å². The molecule has 0 aromatic heterocycles. The summed E-state index contributed by atoms with van der Waals surface area (Å²) in [6.45, 7) is 14.4. The van der Waals surface area contributed by atoms with E-state index < -0.39 is 17.1 Å². The third kappa shape index (κ3) is 24.2. The number of unbranched alkanes of at least 4 members (excludes halogenated alkanes) is 10. The molecule has 0 aromatic rings. The molecular formula is C28H54O3Si2. The lowest BCUT2D eigenvalue weighted by Crippen LogP contribution is -2.48. The van der Waals surface area contributed by atoms with Crippen LogP contribution in [0.5, 0.6) is 0 Å². The van der Waals surface area contributed by atoms with Gasteiger partial charge in [-0.2, -0.15) is 0 Å². The van der Waals surface area contributed by atoms with Crippen molar-refractivity contribution in [2.24, 2.45) is 0 Å². The zero-order chi connectivity index (χ0) is 24.7. The third-order valence-electron chi connectivity index (χ3n) is 5.30. The Morgan fingerprint density at radius 2 is 0.848 bits per heavy atom. The third-order valence-corrected chi connectivity index (χ3v) is 11.0. The van der Waals surface area contributed by atoms with E-state index in [1.165, 1.54) is 64.2 Å². The van der Waals surface area contributed by atoms with Gasteiger partial charge in [0.15, 0.2) is 0 Å². The Balaban J connectivity index is 3.73.